The van der Waals surface area contributed by atoms with E-state index in [9.17, 15) is 5.11 Å². The standard InChI is InChI=1S/C18H23NO/c1-14-8-7-9-16(12-14)13-19(3)15(2)18(20)17-10-5-4-6-11-17/h4-12,15,18,20H,13H2,1-3H3. The van der Waals surface area contributed by atoms with Crippen LogP contribution in [0.1, 0.15) is 29.7 Å². The van der Waals surface area contributed by atoms with Crippen molar-refractivity contribution in [2.24, 2.45) is 0 Å². The van der Waals surface area contributed by atoms with Crippen LogP contribution in [-0.2, 0) is 6.54 Å². The molecular weight excluding hydrogens is 246 g/mol. The van der Waals surface area contributed by atoms with Gasteiger partial charge in [-0.3, -0.25) is 4.90 Å². The average molecular weight is 269 g/mol. The molecule has 0 bridgehead atoms. The normalized spacial score (nSPS) is 14.2. The Morgan fingerprint density at radius 2 is 1.75 bits per heavy atom. The SMILES string of the molecule is Cc1cccc(CN(C)C(C)C(O)c2ccccc2)c1. The molecule has 2 rings (SSSR count). The summed E-state index contributed by atoms with van der Waals surface area (Å²) < 4.78 is 0. The second kappa shape index (κ2) is 6.69. The lowest BCUT2D eigenvalue weighted by molar-refractivity contribution is 0.0688. The lowest BCUT2D eigenvalue weighted by atomic mass is 10.0. The zero-order valence-electron chi connectivity index (χ0n) is 12.5. The van der Waals surface area contributed by atoms with E-state index >= 15 is 0 Å². The second-order valence-corrected chi connectivity index (χ2v) is 5.50. The van der Waals surface area contributed by atoms with Crippen molar-refractivity contribution in [2.75, 3.05) is 7.05 Å². The Hall–Kier alpha value is -1.64. The minimum Gasteiger partial charge on any atom is -0.387 e. The zero-order chi connectivity index (χ0) is 14.5. The molecule has 0 spiro atoms. The summed E-state index contributed by atoms with van der Waals surface area (Å²) in [6.45, 7) is 5.01. The van der Waals surface area contributed by atoms with E-state index in [2.05, 4.69) is 50.1 Å². The van der Waals surface area contributed by atoms with E-state index in [0.29, 0.717) is 0 Å². The van der Waals surface area contributed by atoms with Gasteiger partial charge in [-0.2, -0.15) is 0 Å². The Morgan fingerprint density at radius 3 is 2.40 bits per heavy atom. The molecule has 0 aliphatic heterocycles. The number of aryl methyl sites for hydroxylation is 1. The lowest BCUT2D eigenvalue weighted by Gasteiger charge is -2.29. The van der Waals surface area contributed by atoms with Crippen LogP contribution in [0.15, 0.2) is 54.6 Å². The van der Waals surface area contributed by atoms with Gasteiger partial charge in [-0.05, 0) is 32.0 Å². The summed E-state index contributed by atoms with van der Waals surface area (Å²) >= 11 is 0. The predicted octanol–water partition coefficient (Wildman–Crippen LogP) is 3.55. The van der Waals surface area contributed by atoms with Crippen LogP contribution in [0.3, 0.4) is 0 Å². The number of benzene rings is 2. The van der Waals surface area contributed by atoms with Crippen molar-refractivity contribution >= 4 is 0 Å². The third-order valence-electron chi connectivity index (χ3n) is 3.81. The number of hydrogen-bond acceptors (Lipinski definition) is 2. The van der Waals surface area contributed by atoms with Gasteiger partial charge >= 0.3 is 0 Å². The van der Waals surface area contributed by atoms with Crippen LogP contribution >= 0.6 is 0 Å². The average Bonchev–Trinajstić information content (AvgIpc) is 2.46. The highest BCUT2D eigenvalue weighted by molar-refractivity contribution is 5.22. The number of rotatable bonds is 5. The van der Waals surface area contributed by atoms with Crippen LogP contribution in [-0.4, -0.2) is 23.1 Å². The first-order valence-electron chi connectivity index (χ1n) is 7.06. The van der Waals surface area contributed by atoms with Crippen LogP contribution in [0.4, 0.5) is 0 Å². The molecule has 2 unspecified atom stereocenters. The molecule has 2 atom stereocenters. The fourth-order valence-electron chi connectivity index (χ4n) is 2.41. The van der Waals surface area contributed by atoms with Crippen molar-refractivity contribution < 1.29 is 5.11 Å². The van der Waals surface area contributed by atoms with Crippen LogP contribution in [0, 0.1) is 6.92 Å². The van der Waals surface area contributed by atoms with E-state index in [-0.39, 0.29) is 6.04 Å². The molecule has 20 heavy (non-hydrogen) atoms. The van der Waals surface area contributed by atoms with Crippen molar-refractivity contribution in [1.82, 2.24) is 4.90 Å². The number of aliphatic hydroxyl groups is 1. The van der Waals surface area contributed by atoms with E-state index in [0.717, 1.165) is 12.1 Å². The smallest absolute Gasteiger partial charge is 0.0942 e. The van der Waals surface area contributed by atoms with Gasteiger partial charge < -0.3 is 5.11 Å². The third kappa shape index (κ3) is 3.69. The highest BCUT2D eigenvalue weighted by atomic mass is 16.3. The maximum Gasteiger partial charge on any atom is 0.0942 e. The lowest BCUT2D eigenvalue weighted by Crippen LogP contribution is -2.33. The molecule has 2 heteroatoms. The zero-order valence-corrected chi connectivity index (χ0v) is 12.5. The Bertz CT molecular complexity index is 538. The number of nitrogens with zero attached hydrogens (tertiary/aromatic N) is 1. The summed E-state index contributed by atoms with van der Waals surface area (Å²) in [5, 5.41) is 10.5. The fraction of sp³-hybridized carbons (Fsp3) is 0.333. The van der Waals surface area contributed by atoms with Crippen molar-refractivity contribution in [3.8, 4) is 0 Å². The molecule has 0 radical (unpaired) electrons. The third-order valence-corrected chi connectivity index (χ3v) is 3.81. The fourth-order valence-corrected chi connectivity index (χ4v) is 2.41. The molecular formula is C18H23NO. The first-order valence-corrected chi connectivity index (χ1v) is 7.06. The minimum absolute atomic E-state index is 0.0675. The van der Waals surface area contributed by atoms with Crippen molar-refractivity contribution in [3.05, 3.63) is 71.3 Å². The summed E-state index contributed by atoms with van der Waals surface area (Å²) in [7, 11) is 2.05. The van der Waals surface area contributed by atoms with Gasteiger partial charge in [0.2, 0.25) is 0 Å². The van der Waals surface area contributed by atoms with Crippen molar-refractivity contribution in [2.45, 2.75) is 32.5 Å². The summed E-state index contributed by atoms with van der Waals surface area (Å²) in [6, 6.07) is 18.4. The molecule has 1 N–H and O–H groups in total. The molecule has 2 aromatic rings. The van der Waals surface area contributed by atoms with Gasteiger partial charge in [0, 0.05) is 12.6 Å². The quantitative estimate of drug-likeness (QED) is 0.897. The van der Waals surface area contributed by atoms with Crippen molar-refractivity contribution in [3.63, 3.8) is 0 Å². The molecule has 2 nitrogen and oxygen atoms in total. The maximum atomic E-state index is 10.5. The maximum absolute atomic E-state index is 10.5. The summed E-state index contributed by atoms with van der Waals surface area (Å²) in [6.07, 6.45) is -0.467. The van der Waals surface area contributed by atoms with Crippen LogP contribution < -0.4 is 0 Å². The van der Waals surface area contributed by atoms with Gasteiger partial charge in [-0.25, -0.2) is 0 Å². The molecule has 106 valence electrons. The molecule has 0 saturated heterocycles. The topological polar surface area (TPSA) is 23.5 Å². The van der Waals surface area contributed by atoms with Gasteiger partial charge in [0.1, 0.15) is 0 Å². The molecule has 0 aliphatic rings. The molecule has 0 aromatic heterocycles. The summed E-state index contributed by atoms with van der Waals surface area (Å²) in [4.78, 5) is 2.19. The van der Waals surface area contributed by atoms with Gasteiger partial charge in [0.05, 0.1) is 6.10 Å². The highest BCUT2D eigenvalue weighted by Gasteiger charge is 2.20. The predicted molar refractivity (Wildman–Crippen MR) is 83.5 cm³/mol. The second-order valence-electron chi connectivity index (χ2n) is 5.50. The number of hydrogen-bond donors (Lipinski definition) is 1. The van der Waals surface area contributed by atoms with Gasteiger partial charge in [0.25, 0.3) is 0 Å². The minimum atomic E-state index is -0.467. The van der Waals surface area contributed by atoms with E-state index < -0.39 is 6.10 Å². The van der Waals surface area contributed by atoms with Gasteiger partial charge in [-0.15, -0.1) is 0 Å². The van der Waals surface area contributed by atoms with Gasteiger partial charge in [-0.1, -0.05) is 60.2 Å². The number of aliphatic hydroxyl groups excluding tert-OH is 1. The molecule has 0 amide bonds. The van der Waals surface area contributed by atoms with Crippen LogP contribution in [0.5, 0.6) is 0 Å². The van der Waals surface area contributed by atoms with Gasteiger partial charge in [0.15, 0.2) is 0 Å². The first kappa shape index (κ1) is 14.8. The Kier molecular flexibility index (Phi) is 4.94. The Labute approximate surface area is 121 Å². The van der Waals surface area contributed by atoms with Crippen LogP contribution in [0.2, 0.25) is 0 Å². The summed E-state index contributed by atoms with van der Waals surface area (Å²) in [5.74, 6) is 0. The molecule has 0 fully saturated rings. The van der Waals surface area contributed by atoms with E-state index in [1.165, 1.54) is 11.1 Å². The summed E-state index contributed by atoms with van der Waals surface area (Å²) in [5.41, 5.74) is 3.52. The molecule has 0 saturated carbocycles. The monoisotopic (exact) mass is 269 g/mol. The molecule has 0 aliphatic carbocycles. The first-order chi connectivity index (χ1) is 9.58. The van der Waals surface area contributed by atoms with E-state index in [1.54, 1.807) is 0 Å². The Morgan fingerprint density at radius 1 is 1.05 bits per heavy atom. The van der Waals surface area contributed by atoms with E-state index in [1.807, 2.05) is 30.3 Å². The molecule has 0 heterocycles. The highest BCUT2D eigenvalue weighted by Crippen LogP contribution is 2.21. The van der Waals surface area contributed by atoms with E-state index in [4.69, 9.17) is 0 Å². The molecule has 2 aromatic carbocycles. The van der Waals surface area contributed by atoms with Crippen LogP contribution in [0.25, 0.3) is 0 Å². The largest absolute Gasteiger partial charge is 0.387 e. The number of likely N-dealkylation sites (N-methyl/N-ethyl adjacent to an activating group) is 1. The Balaban J connectivity index is 2.03. The van der Waals surface area contributed by atoms with Crippen molar-refractivity contribution in [1.29, 1.82) is 0 Å².